The highest BCUT2D eigenvalue weighted by molar-refractivity contribution is 4.49. The topological polar surface area (TPSA) is 49.5 Å². The van der Waals surface area contributed by atoms with Gasteiger partial charge in [0, 0.05) is 26.2 Å². The van der Waals surface area contributed by atoms with Crippen LogP contribution in [0.1, 0.15) is 6.42 Å². The van der Waals surface area contributed by atoms with Crippen molar-refractivity contribution in [3.63, 3.8) is 0 Å². The van der Waals surface area contributed by atoms with Crippen molar-refractivity contribution in [2.75, 3.05) is 33.3 Å². The molecule has 0 bridgehead atoms. The summed E-state index contributed by atoms with van der Waals surface area (Å²) in [6.07, 6.45) is 0.844. The highest BCUT2D eigenvalue weighted by atomic mass is 16.3. The Bertz CT molecular complexity index is 59.0. The molecule has 0 aromatic rings. The van der Waals surface area contributed by atoms with E-state index in [-0.39, 0.29) is 6.61 Å². The van der Waals surface area contributed by atoms with Gasteiger partial charge in [-0.3, -0.25) is 0 Å². The number of rotatable bonds is 5. The van der Waals surface area contributed by atoms with Crippen LogP contribution in [0.4, 0.5) is 0 Å². The Morgan fingerprint density at radius 1 is 1.44 bits per heavy atom. The average Bonchev–Trinajstić information content (AvgIpc) is 1.85. The van der Waals surface area contributed by atoms with Crippen molar-refractivity contribution in [1.82, 2.24) is 4.90 Å². The Hall–Kier alpha value is -0.120. The van der Waals surface area contributed by atoms with Gasteiger partial charge in [0.1, 0.15) is 0 Å². The Labute approximate surface area is 56.5 Å². The predicted octanol–water partition coefficient (Wildman–Crippen LogP) is -0.741. The molecule has 0 fully saturated rings. The van der Waals surface area contributed by atoms with Gasteiger partial charge in [-0.1, -0.05) is 0 Å². The number of nitrogens with zero attached hydrogens (tertiary/aromatic N) is 1. The summed E-state index contributed by atoms with van der Waals surface area (Å²) in [4.78, 5) is 2.11. The van der Waals surface area contributed by atoms with Crippen molar-refractivity contribution < 1.29 is 5.11 Å². The first-order chi connectivity index (χ1) is 4.31. The second-order valence-corrected chi connectivity index (χ2v) is 2.17. The maximum absolute atomic E-state index is 8.43. The number of hydrogen-bond acceptors (Lipinski definition) is 3. The van der Waals surface area contributed by atoms with Crippen molar-refractivity contribution in [2.45, 2.75) is 6.42 Å². The summed E-state index contributed by atoms with van der Waals surface area (Å²) in [5.74, 6) is 0. The van der Waals surface area contributed by atoms with E-state index < -0.39 is 0 Å². The molecular weight excluding hydrogens is 116 g/mol. The molecule has 0 amide bonds. The first-order valence-electron chi connectivity index (χ1n) is 3.30. The van der Waals surface area contributed by atoms with Crippen molar-refractivity contribution in [3.8, 4) is 0 Å². The molecule has 0 aromatic carbocycles. The van der Waals surface area contributed by atoms with Crippen LogP contribution in [0.15, 0.2) is 0 Å². The molecule has 0 aliphatic carbocycles. The molecule has 0 aromatic heterocycles. The number of hydrogen-bond donors (Lipinski definition) is 2. The number of likely N-dealkylation sites (N-methyl/N-ethyl adjacent to an activating group) is 1. The van der Waals surface area contributed by atoms with Crippen molar-refractivity contribution in [3.05, 3.63) is 0 Å². The van der Waals surface area contributed by atoms with E-state index in [0.717, 1.165) is 19.5 Å². The van der Waals surface area contributed by atoms with Crippen LogP contribution in [0.2, 0.25) is 0 Å². The number of aliphatic hydroxyl groups is 1. The van der Waals surface area contributed by atoms with Gasteiger partial charge in [-0.25, -0.2) is 0 Å². The van der Waals surface area contributed by atoms with Gasteiger partial charge in [-0.05, 0) is 13.5 Å². The van der Waals surface area contributed by atoms with Gasteiger partial charge in [-0.2, -0.15) is 0 Å². The predicted molar refractivity (Wildman–Crippen MR) is 38.3 cm³/mol. The molecular formula is C6H16N2O. The minimum absolute atomic E-state index is 0.273. The first-order valence-corrected chi connectivity index (χ1v) is 3.30. The van der Waals surface area contributed by atoms with Gasteiger partial charge in [0.2, 0.25) is 0 Å². The molecule has 9 heavy (non-hydrogen) atoms. The lowest BCUT2D eigenvalue weighted by Gasteiger charge is -2.13. The molecule has 0 spiro atoms. The van der Waals surface area contributed by atoms with E-state index in [9.17, 15) is 0 Å². The Morgan fingerprint density at radius 3 is 2.56 bits per heavy atom. The van der Waals surface area contributed by atoms with E-state index in [2.05, 4.69) is 4.90 Å². The SMILES string of the molecule is CN(CCN)CCCO. The van der Waals surface area contributed by atoms with Crippen molar-refractivity contribution in [2.24, 2.45) is 5.73 Å². The van der Waals surface area contributed by atoms with Crippen LogP contribution in [-0.4, -0.2) is 43.3 Å². The second-order valence-electron chi connectivity index (χ2n) is 2.17. The maximum Gasteiger partial charge on any atom is 0.0443 e. The Morgan fingerprint density at radius 2 is 2.11 bits per heavy atom. The highest BCUT2D eigenvalue weighted by Crippen LogP contribution is 1.83. The maximum atomic E-state index is 8.43. The Kier molecular flexibility index (Phi) is 5.93. The molecule has 0 rings (SSSR count). The summed E-state index contributed by atoms with van der Waals surface area (Å²) in [7, 11) is 2.00. The highest BCUT2D eigenvalue weighted by Gasteiger charge is 1.92. The second kappa shape index (κ2) is 6.01. The molecule has 0 atom stereocenters. The van der Waals surface area contributed by atoms with Crippen LogP contribution in [-0.2, 0) is 0 Å². The third-order valence-electron chi connectivity index (χ3n) is 1.21. The summed E-state index contributed by atoms with van der Waals surface area (Å²) in [6.45, 7) is 2.82. The zero-order chi connectivity index (χ0) is 7.11. The summed E-state index contributed by atoms with van der Waals surface area (Å²) in [6, 6.07) is 0. The van der Waals surface area contributed by atoms with Crippen LogP contribution >= 0.6 is 0 Å². The minimum atomic E-state index is 0.273. The molecule has 0 aliphatic heterocycles. The van der Waals surface area contributed by atoms with Crippen LogP contribution in [0.5, 0.6) is 0 Å². The van der Waals surface area contributed by atoms with Crippen LogP contribution < -0.4 is 5.73 Å². The van der Waals surface area contributed by atoms with Gasteiger partial charge in [0.25, 0.3) is 0 Å². The molecule has 0 unspecified atom stereocenters. The molecule has 0 radical (unpaired) electrons. The molecule has 3 N–H and O–H groups in total. The van der Waals surface area contributed by atoms with Crippen LogP contribution in [0, 0.1) is 0 Å². The number of nitrogens with two attached hydrogens (primary N) is 1. The molecule has 0 saturated carbocycles. The normalized spacial score (nSPS) is 10.7. The van der Waals surface area contributed by atoms with Gasteiger partial charge in [0.15, 0.2) is 0 Å². The Balaban J connectivity index is 2.95. The van der Waals surface area contributed by atoms with Crippen molar-refractivity contribution >= 4 is 0 Å². The van der Waals surface area contributed by atoms with E-state index in [4.69, 9.17) is 10.8 Å². The first kappa shape index (κ1) is 8.88. The molecule has 0 saturated heterocycles. The van der Waals surface area contributed by atoms with Crippen molar-refractivity contribution in [1.29, 1.82) is 0 Å². The average molecular weight is 132 g/mol. The van der Waals surface area contributed by atoms with Gasteiger partial charge < -0.3 is 15.7 Å². The third kappa shape index (κ3) is 5.76. The summed E-state index contributed by atoms with van der Waals surface area (Å²) in [5, 5.41) is 8.43. The van der Waals surface area contributed by atoms with E-state index >= 15 is 0 Å². The van der Waals surface area contributed by atoms with E-state index in [1.807, 2.05) is 7.05 Å². The molecule has 0 heterocycles. The lowest BCUT2D eigenvalue weighted by atomic mass is 10.4. The molecule has 56 valence electrons. The largest absolute Gasteiger partial charge is 0.396 e. The fourth-order valence-electron chi connectivity index (χ4n) is 0.673. The summed E-state index contributed by atoms with van der Waals surface area (Å²) >= 11 is 0. The number of aliphatic hydroxyl groups excluding tert-OH is 1. The van der Waals surface area contributed by atoms with Gasteiger partial charge in [0.05, 0.1) is 0 Å². The van der Waals surface area contributed by atoms with Gasteiger partial charge in [-0.15, -0.1) is 0 Å². The smallest absolute Gasteiger partial charge is 0.0443 e. The van der Waals surface area contributed by atoms with E-state index in [1.54, 1.807) is 0 Å². The molecule has 0 aliphatic rings. The van der Waals surface area contributed by atoms with E-state index in [1.165, 1.54) is 0 Å². The lowest BCUT2D eigenvalue weighted by molar-refractivity contribution is 0.250. The van der Waals surface area contributed by atoms with E-state index in [0.29, 0.717) is 6.54 Å². The molecule has 3 nitrogen and oxygen atoms in total. The minimum Gasteiger partial charge on any atom is -0.396 e. The van der Waals surface area contributed by atoms with Crippen LogP contribution in [0.3, 0.4) is 0 Å². The summed E-state index contributed by atoms with van der Waals surface area (Å²) in [5.41, 5.74) is 5.30. The third-order valence-corrected chi connectivity index (χ3v) is 1.21. The zero-order valence-corrected chi connectivity index (χ0v) is 6.01. The quantitative estimate of drug-likeness (QED) is 0.518. The fourth-order valence-corrected chi connectivity index (χ4v) is 0.673. The zero-order valence-electron chi connectivity index (χ0n) is 6.01. The van der Waals surface area contributed by atoms with Crippen LogP contribution in [0.25, 0.3) is 0 Å². The van der Waals surface area contributed by atoms with Gasteiger partial charge >= 0.3 is 0 Å². The fraction of sp³-hybridized carbons (Fsp3) is 1.00. The standard InChI is InChI=1S/C6H16N2O/c1-8(5-3-7)4-2-6-9/h9H,2-7H2,1H3. The monoisotopic (exact) mass is 132 g/mol. The summed E-state index contributed by atoms with van der Waals surface area (Å²) < 4.78 is 0. The lowest BCUT2D eigenvalue weighted by Crippen LogP contribution is -2.26. The molecule has 3 heteroatoms.